The van der Waals surface area contributed by atoms with Crippen LogP contribution in [-0.2, 0) is 39.8 Å². The Bertz CT molecular complexity index is 1950. The molecular formula is C49H66N4O8S. The SMILES string of the molecule is CCC(C)[C@@H](C(CC(=O)N1CCC[C@H]1[C@H](OC)[C@@H](C)C(=S)N[C@@H](Cc1ccccc1)C(=O)OC)OC)N(C)C(=O)[C@@H](NC(=O)OCC1c2ccccc2-c2ccccc21)C(C)C. The molecule has 0 radical (unpaired) electrons. The first-order valence-electron chi connectivity index (χ1n) is 21.9. The number of hydrogen-bond donors (Lipinski definition) is 2. The molecular weight excluding hydrogens is 805 g/mol. The van der Waals surface area contributed by atoms with Crippen LogP contribution in [0.25, 0.3) is 11.1 Å². The monoisotopic (exact) mass is 870 g/mol. The Hall–Kier alpha value is -4.85. The van der Waals surface area contributed by atoms with E-state index in [1.807, 2.05) is 94.1 Å². The summed E-state index contributed by atoms with van der Waals surface area (Å²) in [6, 6.07) is 23.6. The van der Waals surface area contributed by atoms with Gasteiger partial charge in [0, 0.05) is 46.1 Å². The van der Waals surface area contributed by atoms with E-state index in [1.165, 1.54) is 7.11 Å². The minimum absolute atomic E-state index is 0.0286. The van der Waals surface area contributed by atoms with Crippen molar-refractivity contribution in [2.75, 3.05) is 41.5 Å². The van der Waals surface area contributed by atoms with Crippen LogP contribution in [0.5, 0.6) is 0 Å². The molecule has 8 atom stereocenters. The fourth-order valence-corrected chi connectivity index (χ4v) is 9.57. The molecule has 3 amide bonds. The van der Waals surface area contributed by atoms with E-state index in [0.717, 1.165) is 40.7 Å². The molecule has 2 N–H and O–H groups in total. The summed E-state index contributed by atoms with van der Waals surface area (Å²) in [7, 11) is 6.26. The number of fused-ring (bicyclic) bond motifs is 3. The summed E-state index contributed by atoms with van der Waals surface area (Å²) in [4.78, 5) is 59.0. The number of likely N-dealkylation sites (tertiary alicyclic amines) is 1. The number of likely N-dealkylation sites (N-methyl/N-ethyl adjacent to an activating group) is 1. The lowest BCUT2D eigenvalue weighted by Crippen LogP contribution is -2.58. The molecule has 62 heavy (non-hydrogen) atoms. The van der Waals surface area contributed by atoms with Gasteiger partial charge in [0.15, 0.2) is 0 Å². The Balaban J connectivity index is 1.25. The third-order valence-corrected chi connectivity index (χ3v) is 13.4. The Morgan fingerprint density at radius 1 is 0.855 bits per heavy atom. The number of nitrogens with zero attached hydrogens (tertiary/aromatic N) is 2. The predicted molar refractivity (Wildman–Crippen MR) is 245 cm³/mol. The number of amides is 3. The molecule has 0 spiro atoms. The Morgan fingerprint density at radius 2 is 1.47 bits per heavy atom. The number of hydrogen-bond acceptors (Lipinski definition) is 9. The highest BCUT2D eigenvalue weighted by atomic mass is 32.1. The van der Waals surface area contributed by atoms with Crippen LogP contribution in [0, 0.1) is 17.8 Å². The van der Waals surface area contributed by atoms with Crippen molar-refractivity contribution in [2.45, 2.75) is 109 Å². The van der Waals surface area contributed by atoms with Gasteiger partial charge in [0.05, 0.1) is 42.8 Å². The third kappa shape index (κ3) is 11.2. The average Bonchev–Trinajstić information content (AvgIpc) is 3.90. The van der Waals surface area contributed by atoms with Crippen LogP contribution >= 0.6 is 12.2 Å². The largest absolute Gasteiger partial charge is 0.467 e. The van der Waals surface area contributed by atoms with Crippen molar-refractivity contribution in [3.63, 3.8) is 0 Å². The lowest BCUT2D eigenvalue weighted by molar-refractivity contribution is -0.145. The highest BCUT2D eigenvalue weighted by Gasteiger charge is 2.43. The second-order valence-corrected chi connectivity index (χ2v) is 17.5. The van der Waals surface area contributed by atoms with Gasteiger partial charge in [-0.1, -0.05) is 132 Å². The van der Waals surface area contributed by atoms with Crippen LogP contribution in [0.4, 0.5) is 4.79 Å². The highest BCUT2D eigenvalue weighted by Crippen LogP contribution is 2.44. The average molecular weight is 871 g/mol. The second-order valence-electron chi connectivity index (χ2n) is 17.1. The first-order chi connectivity index (χ1) is 29.8. The number of methoxy groups -OCH3 is 3. The molecule has 1 aliphatic heterocycles. The summed E-state index contributed by atoms with van der Waals surface area (Å²) in [5.41, 5.74) is 5.43. The number of esters is 1. The van der Waals surface area contributed by atoms with Crippen LogP contribution in [0.15, 0.2) is 78.9 Å². The summed E-state index contributed by atoms with van der Waals surface area (Å²) in [5.74, 6) is -1.60. The first-order valence-corrected chi connectivity index (χ1v) is 22.3. The molecule has 1 saturated heterocycles. The van der Waals surface area contributed by atoms with Crippen LogP contribution < -0.4 is 10.6 Å². The number of rotatable bonds is 20. The van der Waals surface area contributed by atoms with Gasteiger partial charge in [-0.15, -0.1) is 0 Å². The molecule has 0 bridgehead atoms. The fraction of sp³-hybridized carbons (Fsp3) is 0.531. The normalized spacial score (nSPS) is 18.0. The molecule has 1 aliphatic carbocycles. The smallest absolute Gasteiger partial charge is 0.407 e. The molecule has 12 nitrogen and oxygen atoms in total. The van der Waals surface area contributed by atoms with Crippen molar-refractivity contribution in [1.29, 1.82) is 0 Å². The molecule has 336 valence electrons. The number of carbonyl (C=O) groups is 4. The fourth-order valence-electron chi connectivity index (χ4n) is 9.29. The van der Waals surface area contributed by atoms with E-state index in [1.54, 1.807) is 26.2 Å². The van der Waals surface area contributed by atoms with Gasteiger partial charge in [0.2, 0.25) is 11.8 Å². The molecule has 0 aromatic heterocycles. The van der Waals surface area contributed by atoms with E-state index < -0.39 is 42.4 Å². The Morgan fingerprint density at radius 3 is 2.03 bits per heavy atom. The molecule has 13 heteroatoms. The molecule has 3 aromatic rings. The lowest BCUT2D eigenvalue weighted by Gasteiger charge is -2.41. The Labute approximate surface area is 373 Å². The summed E-state index contributed by atoms with van der Waals surface area (Å²) in [6.07, 6.45) is 0.869. The molecule has 5 rings (SSSR count). The summed E-state index contributed by atoms with van der Waals surface area (Å²) < 4.78 is 23.1. The lowest BCUT2D eigenvalue weighted by atomic mass is 9.89. The van der Waals surface area contributed by atoms with Gasteiger partial charge in [-0.3, -0.25) is 9.59 Å². The minimum atomic E-state index is -0.883. The van der Waals surface area contributed by atoms with E-state index >= 15 is 0 Å². The van der Waals surface area contributed by atoms with E-state index in [9.17, 15) is 19.2 Å². The number of nitrogens with one attached hydrogen (secondary N) is 2. The van der Waals surface area contributed by atoms with Crippen molar-refractivity contribution >= 4 is 41.1 Å². The van der Waals surface area contributed by atoms with Crippen molar-refractivity contribution < 1.29 is 38.1 Å². The van der Waals surface area contributed by atoms with E-state index in [0.29, 0.717) is 24.4 Å². The molecule has 2 unspecified atom stereocenters. The zero-order valence-electron chi connectivity index (χ0n) is 37.8. The molecule has 3 aromatic carbocycles. The summed E-state index contributed by atoms with van der Waals surface area (Å²) in [5, 5.41) is 6.11. The van der Waals surface area contributed by atoms with Crippen LogP contribution in [-0.4, -0.2) is 117 Å². The predicted octanol–water partition coefficient (Wildman–Crippen LogP) is 7.17. The van der Waals surface area contributed by atoms with Gasteiger partial charge in [-0.05, 0) is 52.5 Å². The molecule has 1 heterocycles. The molecule has 1 fully saturated rings. The summed E-state index contributed by atoms with van der Waals surface area (Å²) >= 11 is 5.88. The second kappa shape index (κ2) is 22.5. The van der Waals surface area contributed by atoms with Gasteiger partial charge >= 0.3 is 12.1 Å². The van der Waals surface area contributed by atoms with Crippen molar-refractivity contribution in [1.82, 2.24) is 20.4 Å². The number of ether oxygens (including phenoxy) is 4. The van der Waals surface area contributed by atoms with Crippen molar-refractivity contribution in [2.24, 2.45) is 17.8 Å². The third-order valence-electron chi connectivity index (χ3n) is 12.9. The first kappa shape index (κ1) is 48.2. The number of thiocarbonyl (C=S) groups is 1. The molecule has 0 saturated carbocycles. The number of carbonyl (C=O) groups excluding carboxylic acids is 4. The number of alkyl carbamates (subject to hydrolysis) is 1. The van der Waals surface area contributed by atoms with Gasteiger partial charge in [0.1, 0.15) is 18.7 Å². The zero-order chi connectivity index (χ0) is 45.1. The van der Waals surface area contributed by atoms with Crippen molar-refractivity contribution in [3.8, 4) is 11.1 Å². The summed E-state index contributed by atoms with van der Waals surface area (Å²) in [6.45, 7) is 10.5. The van der Waals surface area contributed by atoms with Gasteiger partial charge in [-0.2, -0.15) is 0 Å². The highest BCUT2D eigenvalue weighted by molar-refractivity contribution is 7.80. The zero-order valence-corrected chi connectivity index (χ0v) is 38.6. The van der Waals surface area contributed by atoms with E-state index in [-0.39, 0.29) is 54.6 Å². The quantitative estimate of drug-likeness (QED) is 0.0889. The van der Waals surface area contributed by atoms with E-state index in [4.69, 9.17) is 31.2 Å². The van der Waals surface area contributed by atoms with Crippen LogP contribution in [0.1, 0.15) is 82.9 Å². The maximum atomic E-state index is 14.4. The maximum Gasteiger partial charge on any atom is 0.407 e. The maximum absolute atomic E-state index is 14.4. The van der Waals surface area contributed by atoms with Gasteiger partial charge < -0.3 is 39.4 Å². The number of benzene rings is 3. The standard InChI is InChI=1S/C49H66N4O8S/c1-10-31(4)44(52(6)47(55)43(30(2)3)51-49(57)61-29-38-36-23-16-14-21-34(36)35-22-15-17-24-37(35)38)41(58-7)28-42(54)53-26-18-25-40(53)45(59-8)32(5)46(62)50-39(48(56)60-9)27-33-19-12-11-13-20-33/h11-17,19-24,30-32,38-41,43-45H,10,18,25-29H2,1-9H3,(H,50,62)(H,51,57)/t31?,32-,39+,40+,41?,43+,44+,45-/m1/s1. The minimum Gasteiger partial charge on any atom is -0.467 e. The van der Waals surface area contributed by atoms with Crippen molar-refractivity contribution in [3.05, 3.63) is 95.6 Å². The van der Waals surface area contributed by atoms with Gasteiger partial charge in [0.25, 0.3) is 0 Å². The Kier molecular flexibility index (Phi) is 17.5. The van der Waals surface area contributed by atoms with E-state index in [2.05, 4.69) is 34.9 Å². The topological polar surface area (TPSA) is 136 Å². The van der Waals surface area contributed by atoms with Gasteiger partial charge in [-0.25, -0.2) is 9.59 Å². The van der Waals surface area contributed by atoms with Crippen LogP contribution in [0.3, 0.4) is 0 Å². The van der Waals surface area contributed by atoms with Crippen LogP contribution in [0.2, 0.25) is 0 Å². The molecule has 2 aliphatic rings.